The van der Waals surface area contributed by atoms with Crippen molar-refractivity contribution in [1.29, 1.82) is 0 Å². The lowest BCUT2D eigenvalue weighted by Gasteiger charge is -2.32. The van der Waals surface area contributed by atoms with Crippen LogP contribution in [0.4, 0.5) is 0 Å². The second-order valence-corrected chi connectivity index (χ2v) is 7.30. The number of amides is 2. The van der Waals surface area contributed by atoms with Crippen LogP contribution in [0.25, 0.3) is 0 Å². The highest BCUT2D eigenvalue weighted by Gasteiger charge is 2.28. The third-order valence-corrected chi connectivity index (χ3v) is 5.69. The minimum Gasteiger partial charge on any atom is -0.352 e. The average Bonchev–Trinajstić information content (AvgIpc) is 3.20. The van der Waals surface area contributed by atoms with Crippen LogP contribution in [0.15, 0.2) is 17.5 Å². The number of likely N-dealkylation sites (tertiary alicyclic amines) is 1. The van der Waals surface area contributed by atoms with Crippen molar-refractivity contribution in [2.75, 3.05) is 24.7 Å². The van der Waals surface area contributed by atoms with E-state index < -0.39 is 0 Å². The van der Waals surface area contributed by atoms with Crippen molar-refractivity contribution < 1.29 is 9.59 Å². The molecule has 7 heteroatoms. The fourth-order valence-electron chi connectivity index (χ4n) is 2.65. The molecule has 2 amide bonds. The Balaban J connectivity index is 1.46. The number of nitrogens with zero attached hydrogens (tertiary/aromatic N) is 1. The monoisotopic (exact) mass is 325 g/mol. The van der Waals surface area contributed by atoms with Gasteiger partial charge >= 0.3 is 0 Å². The van der Waals surface area contributed by atoms with E-state index in [1.165, 1.54) is 11.3 Å². The van der Waals surface area contributed by atoms with Crippen molar-refractivity contribution in [2.45, 2.75) is 24.9 Å². The molecule has 0 radical (unpaired) electrons. The Bertz CT molecular complexity index is 492. The highest BCUT2D eigenvalue weighted by molar-refractivity contribution is 7.99. The Hall–Kier alpha value is -1.05. The van der Waals surface area contributed by atoms with Crippen molar-refractivity contribution in [3.05, 3.63) is 22.4 Å². The number of nitrogens with one attached hydrogen (secondary N) is 2. The fourth-order valence-corrected chi connectivity index (χ4v) is 4.28. The van der Waals surface area contributed by atoms with E-state index in [0.717, 1.165) is 29.3 Å². The minimum absolute atomic E-state index is 0.0548. The quantitative estimate of drug-likeness (QED) is 0.875. The van der Waals surface area contributed by atoms with Crippen LogP contribution in [0.2, 0.25) is 0 Å². The molecule has 2 saturated heterocycles. The van der Waals surface area contributed by atoms with E-state index in [0.29, 0.717) is 13.1 Å². The maximum Gasteiger partial charge on any atom is 0.263 e. The minimum atomic E-state index is -0.0548. The first-order valence-electron chi connectivity index (χ1n) is 7.18. The Morgan fingerprint density at radius 1 is 1.33 bits per heavy atom. The second kappa shape index (κ2) is 6.81. The first-order chi connectivity index (χ1) is 10.2. The van der Waals surface area contributed by atoms with E-state index >= 15 is 0 Å². The highest BCUT2D eigenvalue weighted by atomic mass is 32.2. The van der Waals surface area contributed by atoms with Gasteiger partial charge in [0.25, 0.3) is 5.91 Å². The van der Waals surface area contributed by atoms with Gasteiger partial charge in [-0.1, -0.05) is 6.07 Å². The van der Waals surface area contributed by atoms with Gasteiger partial charge in [-0.2, -0.15) is 0 Å². The molecule has 21 heavy (non-hydrogen) atoms. The van der Waals surface area contributed by atoms with E-state index in [2.05, 4.69) is 10.6 Å². The van der Waals surface area contributed by atoms with Gasteiger partial charge in [-0.05, 0) is 24.3 Å². The van der Waals surface area contributed by atoms with E-state index in [1.807, 2.05) is 22.4 Å². The summed E-state index contributed by atoms with van der Waals surface area (Å²) in [5, 5.41) is 8.21. The topological polar surface area (TPSA) is 61.4 Å². The first kappa shape index (κ1) is 14.9. The third kappa shape index (κ3) is 3.59. The van der Waals surface area contributed by atoms with Crippen molar-refractivity contribution in [3.63, 3.8) is 0 Å². The Kier molecular flexibility index (Phi) is 4.82. The molecule has 2 fully saturated rings. The number of carbonyl (C=O) groups is 2. The molecule has 114 valence electrons. The maximum absolute atomic E-state index is 12.2. The molecule has 1 unspecified atom stereocenters. The van der Waals surface area contributed by atoms with Crippen LogP contribution in [0.5, 0.6) is 0 Å². The Morgan fingerprint density at radius 2 is 2.14 bits per heavy atom. The molecular weight excluding hydrogens is 306 g/mol. The van der Waals surface area contributed by atoms with E-state index in [-0.39, 0.29) is 23.9 Å². The van der Waals surface area contributed by atoms with Gasteiger partial charge in [0.15, 0.2) is 0 Å². The number of thiophene rings is 1. The zero-order valence-electron chi connectivity index (χ0n) is 11.7. The molecule has 0 aromatic carbocycles. The third-order valence-electron chi connectivity index (χ3n) is 3.89. The molecule has 0 spiro atoms. The summed E-state index contributed by atoms with van der Waals surface area (Å²) in [6, 6.07) is 3.90. The number of thioether (sulfide) groups is 1. The average molecular weight is 325 g/mol. The summed E-state index contributed by atoms with van der Waals surface area (Å²) in [4.78, 5) is 27.0. The smallest absolute Gasteiger partial charge is 0.263 e. The SMILES string of the molecule is O=C(NC1CCN(C(=O)c2cccs2)CC1)C1CSCN1. The normalized spacial score (nSPS) is 23.2. The molecule has 5 nitrogen and oxygen atoms in total. The summed E-state index contributed by atoms with van der Waals surface area (Å²) in [5.41, 5.74) is 0. The number of carbonyl (C=O) groups excluding carboxylic acids is 2. The van der Waals surface area contributed by atoms with E-state index in [9.17, 15) is 9.59 Å². The molecule has 1 aromatic rings. The van der Waals surface area contributed by atoms with Crippen LogP contribution in [-0.2, 0) is 4.79 Å². The van der Waals surface area contributed by atoms with Crippen molar-refractivity contribution in [1.82, 2.24) is 15.5 Å². The van der Waals surface area contributed by atoms with Crippen LogP contribution in [-0.4, -0.2) is 53.5 Å². The first-order valence-corrected chi connectivity index (χ1v) is 9.22. The Morgan fingerprint density at radius 3 is 2.76 bits per heavy atom. The summed E-state index contributed by atoms with van der Waals surface area (Å²) in [5.74, 6) is 1.92. The van der Waals surface area contributed by atoms with Gasteiger partial charge in [0.2, 0.25) is 5.91 Å². The molecule has 0 bridgehead atoms. The van der Waals surface area contributed by atoms with Gasteiger partial charge in [0.05, 0.1) is 10.9 Å². The number of hydrogen-bond acceptors (Lipinski definition) is 5. The molecule has 3 rings (SSSR count). The predicted molar refractivity (Wildman–Crippen MR) is 85.6 cm³/mol. The van der Waals surface area contributed by atoms with Gasteiger partial charge in [-0.15, -0.1) is 23.1 Å². The van der Waals surface area contributed by atoms with Gasteiger partial charge in [-0.25, -0.2) is 0 Å². The standard InChI is InChI=1S/C14H19N3O2S2/c18-13(11-8-20-9-15-11)16-10-3-5-17(6-4-10)14(19)12-2-1-7-21-12/h1-2,7,10-11,15H,3-6,8-9H2,(H,16,18). The summed E-state index contributed by atoms with van der Waals surface area (Å²) in [7, 11) is 0. The van der Waals surface area contributed by atoms with Crippen LogP contribution >= 0.6 is 23.1 Å². The molecule has 2 aliphatic heterocycles. The van der Waals surface area contributed by atoms with Crippen molar-refractivity contribution in [3.8, 4) is 0 Å². The summed E-state index contributed by atoms with van der Waals surface area (Å²) in [6.07, 6.45) is 1.67. The van der Waals surface area contributed by atoms with Crippen LogP contribution in [0.1, 0.15) is 22.5 Å². The Labute approximate surface area is 132 Å². The molecule has 3 heterocycles. The van der Waals surface area contributed by atoms with Crippen molar-refractivity contribution in [2.24, 2.45) is 0 Å². The van der Waals surface area contributed by atoms with E-state index in [1.54, 1.807) is 11.8 Å². The number of piperidine rings is 1. The van der Waals surface area contributed by atoms with E-state index in [4.69, 9.17) is 0 Å². The largest absolute Gasteiger partial charge is 0.352 e. The number of hydrogen-bond donors (Lipinski definition) is 2. The highest BCUT2D eigenvalue weighted by Crippen LogP contribution is 2.17. The zero-order chi connectivity index (χ0) is 14.7. The molecule has 2 aliphatic rings. The zero-order valence-corrected chi connectivity index (χ0v) is 13.3. The van der Waals surface area contributed by atoms with Gasteiger partial charge < -0.3 is 10.2 Å². The van der Waals surface area contributed by atoms with Crippen LogP contribution < -0.4 is 10.6 Å². The molecule has 0 aliphatic carbocycles. The predicted octanol–water partition coefficient (Wildman–Crippen LogP) is 1.13. The molecule has 1 atom stereocenters. The lowest BCUT2D eigenvalue weighted by Crippen LogP contribution is -2.51. The summed E-state index contributed by atoms with van der Waals surface area (Å²) < 4.78 is 0. The summed E-state index contributed by atoms with van der Waals surface area (Å²) in [6.45, 7) is 1.43. The molecule has 0 saturated carbocycles. The number of rotatable bonds is 3. The van der Waals surface area contributed by atoms with Gasteiger partial charge in [-0.3, -0.25) is 14.9 Å². The molecule has 1 aromatic heterocycles. The molecule has 2 N–H and O–H groups in total. The fraction of sp³-hybridized carbons (Fsp3) is 0.571. The summed E-state index contributed by atoms with van der Waals surface area (Å²) >= 11 is 3.23. The second-order valence-electron chi connectivity index (χ2n) is 5.32. The van der Waals surface area contributed by atoms with Gasteiger partial charge in [0.1, 0.15) is 0 Å². The lowest BCUT2D eigenvalue weighted by molar-refractivity contribution is -0.123. The van der Waals surface area contributed by atoms with Crippen molar-refractivity contribution >= 4 is 34.9 Å². The lowest BCUT2D eigenvalue weighted by atomic mass is 10.0. The van der Waals surface area contributed by atoms with Crippen LogP contribution in [0, 0.1) is 0 Å². The maximum atomic E-state index is 12.2. The van der Waals surface area contributed by atoms with Gasteiger partial charge in [0, 0.05) is 30.8 Å². The molecular formula is C14H19N3O2S2. The van der Waals surface area contributed by atoms with Crippen LogP contribution in [0.3, 0.4) is 0 Å².